The standard InChI is InChI=1S/C26H40N6O4/c1-17(2)16-20(24(35)29-14-8-9-15-30-26(27)28)31-25(36)23(18(3)4)32-22(34)13-12-21(33)19-10-6-5-7-11-19/h5-7,10-13,17-18,20,23H,8-9,14-16H2,1-4H3,(H,29,35)(H,31,36)(H,32,34)(H4,27,28,30)/p+1. The number of ketones is 1. The Bertz CT molecular complexity index is 924. The molecular formula is C26H41N6O4+. The number of benzene rings is 1. The van der Waals surface area contributed by atoms with Crippen LogP contribution in [0.5, 0.6) is 0 Å². The fraction of sp³-hybridized carbons (Fsp3) is 0.500. The van der Waals surface area contributed by atoms with E-state index in [2.05, 4.69) is 20.9 Å². The molecule has 0 spiro atoms. The maximum absolute atomic E-state index is 13.0. The molecule has 10 heteroatoms. The van der Waals surface area contributed by atoms with Gasteiger partial charge in [0.05, 0.1) is 6.54 Å². The number of allylic oxidation sites excluding steroid dienone is 1. The summed E-state index contributed by atoms with van der Waals surface area (Å²) < 4.78 is 0. The van der Waals surface area contributed by atoms with Gasteiger partial charge in [0, 0.05) is 18.2 Å². The first-order chi connectivity index (χ1) is 17.0. The molecule has 1 aromatic carbocycles. The third kappa shape index (κ3) is 12.1. The quantitative estimate of drug-likeness (QED) is 0.0613. The molecule has 0 radical (unpaired) electrons. The molecule has 36 heavy (non-hydrogen) atoms. The van der Waals surface area contributed by atoms with E-state index in [-0.39, 0.29) is 29.5 Å². The average Bonchev–Trinajstić information content (AvgIpc) is 2.82. The highest BCUT2D eigenvalue weighted by molar-refractivity contribution is 6.08. The highest BCUT2D eigenvalue weighted by atomic mass is 16.2. The van der Waals surface area contributed by atoms with Crippen LogP contribution < -0.4 is 32.4 Å². The topological polar surface area (TPSA) is 170 Å². The van der Waals surface area contributed by atoms with Crippen molar-refractivity contribution in [3.8, 4) is 0 Å². The summed E-state index contributed by atoms with van der Waals surface area (Å²) in [7, 11) is 0. The summed E-state index contributed by atoms with van der Waals surface area (Å²) in [5.41, 5.74) is 11.2. The third-order valence-corrected chi connectivity index (χ3v) is 5.26. The summed E-state index contributed by atoms with van der Waals surface area (Å²) >= 11 is 0. The summed E-state index contributed by atoms with van der Waals surface area (Å²) in [6.45, 7) is 8.55. The maximum Gasteiger partial charge on any atom is 0.338 e. The van der Waals surface area contributed by atoms with E-state index in [1.165, 1.54) is 6.08 Å². The van der Waals surface area contributed by atoms with Crippen LogP contribution in [-0.4, -0.2) is 54.6 Å². The van der Waals surface area contributed by atoms with Crippen LogP contribution in [0.2, 0.25) is 0 Å². The molecule has 1 aromatic rings. The second kappa shape index (κ2) is 16.1. The second-order valence-corrected chi connectivity index (χ2v) is 9.36. The predicted molar refractivity (Wildman–Crippen MR) is 140 cm³/mol. The van der Waals surface area contributed by atoms with Crippen molar-refractivity contribution in [1.29, 1.82) is 0 Å². The number of rotatable bonds is 15. The van der Waals surface area contributed by atoms with Gasteiger partial charge < -0.3 is 16.0 Å². The zero-order valence-corrected chi connectivity index (χ0v) is 21.7. The minimum Gasteiger partial charge on any atom is -0.354 e. The molecule has 1 rings (SSSR count). The van der Waals surface area contributed by atoms with Crippen molar-refractivity contribution in [2.45, 2.75) is 59.0 Å². The summed E-state index contributed by atoms with van der Waals surface area (Å²) in [5, 5.41) is 8.28. The monoisotopic (exact) mass is 501 g/mol. The summed E-state index contributed by atoms with van der Waals surface area (Å²) in [6.07, 6.45) is 4.21. The van der Waals surface area contributed by atoms with Gasteiger partial charge in [-0.05, 0) is 37.2 Å². The number of nitrogens with two attached hydrogens (primary N) is 2. The lowest BCUT2D eigenvalue weighted by atomic mass is 9.99. The minimum absolute atomic E-state index is 0.156. The van der Waals surface area contributed by atoms with Gasteiger partial charge in [-0.2, -0.15) is 0 Å². The van der Waals surface area contributed by atoms with E-state index in [0.717, 1.165) is 12.5 Å². The van der Waals surface area contributed by atoms with Crippen LogP contribution in [0.25, 0.3) is 0 Å². The fourth-order valence-corrected chi connectivity index (χ4v) is 3.37. The fourth-order valence-electron chi connectivity index (χ4n) is 3.37. The van der Waals surface area contributed by atoms with Crippen molar-refractivity contribution in [1.82, 2.24) is 16.0 Å². The SMILES string of the molecule is CC(C)CC(NC(=O)C(NC(=O)C=CC(=O)c1ccccc1)C(C)C)C(=O)NCCCC[NH+]=C(N)N. The van der Waals surface area contributed by atoms with Gasteiger partial charge >= 0.3 is 5.96 Å². The van der Waals surface area contributed by atoms with Gasteiger partial charge in [0.1, 0.15) is 12.1 Å². The highest BCUT2D eigenvalue weighted by Gasteiger charge is 2.28. The Morgan fingerprint density at radius 2 is 1.58 bits per heavy atom. The van der Waals surface area contributed by atoms with Crippen LogP contribution in [0.1, 0.15) is 57.3 Å². The average molecular weight is 502 g/mol. The van der Waals surface area contributed by atoms with Gasteiger partial charge in [-0.15, -0.1) is 0 Å². The molecule has 0 heterocycles. The van der Waals surface area contributed by atoms with Crippen molar-refractivity contribution >= 4 is 29.5 Å². The van der Waals surface area contributed by atoms with E-state index < -0.39 is 23.9 Å². The maximum atomic E-state index is 13.0. The van der Waals surface area contributed by atoms with Crippen molar-refractivity contribution in [3.63, 3.8) is 0 Å². The lowest BCUT2D eigenvalue weighted by Gasteiger charge is -2.25. The number of hydrogen-bond acceptors (Lipinski definition) is 4. The molecule has 0 fully saturated rings. The zero-order valence-electron chi connectivity index (χ0n) is 21.7. The van der Waals surface area contributed by atoms with Crippen LogP contribution in [0.3, 0.4) is 0 Å². The molecule has 2 unspecified atom stereocenters. The van der Waals surface area contributed by atoms with E-state index in [1.807, 2.05) is 13.8 Å². The molecule has 2 atom stereocenters. The van der Waals surface area contributed by atoms with E-state index in [4.69, 9.17) is 11.5 Å². The van der Waals surface area contributed by atoms with Crippen LogP contribution in [0.15, 0.2) is 42.5 Å². The number of carbonyl (C=O) groups is 4. The minimum atomic E-state index is -0.875. The van der Waals surface area contributed by atoms with Gasteiger partial charge in [-0.3, -0.25) is 35.6 Å². The van der Waals surface area contributed by atoms with E-state index in [0.29, 0.717) is 31.5 Å². The lowest BCUT2D eigenvalue weighted by Crippen LogP contribution is -2.78. The Hall–Kier alpha value is -3.69. The number of unbranched alkanes of at least 4 members (excludes halogenated alkanes) is 1. The number of carbonyl (C=O) groups excluding carboxylic acids is 4. The van der Waals surface area contributed by atoms with Crippen molar-refractivity contribution < 1.29 is 24.2 Å². The molecule has 0 aliphatic carbocycles. The van der Waals surface area contributed by atoms with Gasteiger partial charge in [0.25, 0.3) is 0 Å². The first-order valence-corrected chi connectivity index (χ1v) is 12.3. The van der Waals surface area contributed by atoms with Crippen LogP contribution in [0.4, 0.5) is 0 Å². The lowest BCUT2D eigenvalue weighted by molar-refractivity contribution is -0.459. The molecule has 0 aliphatic heterocycles. The normalized spacial score (nSPS) is 12.7. The van der Waals surface area contributed by atoms with Gasteiger partial charge in [0.2, 0.25) is 17.7 Å². The molecule has 0 aromatic heterocycles. The predicted octanol–water partition coefficient (Wildman–Crippen LogP) is -0.652. The Morgan fingerprint density at radius 3 is 2.17 bits per heavy atom. The second-order valence-electron chi connectivity index (χ2n) is 9.36. The van der Waals surface area contributed by atoms with Gasteiger partial charge in [-0.25, -0.2) is 0 Å². The molecule has 0 saturated heterocycles. The molecule has 0 bridgehead atoms. The Labute approximate surface area is 213 Å². The van der Waals surface area contributed by atoms with Gasteiger partial charge in [-0.1, -0.05) is 58.0 Å². The smallest absolute Gasteiger partial charge is 0.338 e. The van der Waals surface area contributed by atoms with E-state index in [1.54, 1.807) is 44.2 Å². The van der Waals surface area contributed by atoms with Crippen molar-refractivity contribution in [2.24, 2.45) is 23.3 Å². The third-order valence-electron chi connectivity index (χ3n) is 5.26. The largest absolute Gasteiger partial charge is 0.354 e. The van der Waals surface area contributed by atoms with Gasteiger partial charge in [0.15, 0.2) is 5.78 Å². The van der Waals surface area contributed by atoms with E-state index in [9.17, 15) is 19.2 Å². The van der Waals surface area contributed by atoms with Crippen LogP contribution in [0, 0.1) is 11.8 Å². The Morgan fingerprint density at radius 1 is 0.917 bits per heavy atom. The molecule has 0 aliphatic rings. The van der Waals surface area contributed by atoms with Crippen LogP contribution in [-0.2, 0) is 14.4 Å². The van der Waals surface area contributed by atoms with Crippen LogP contribution >= 0.6 is 0 Å². The molecule has 8 N–H and O–H groups in total. The highest BCUT2D eigenvalue weighted by Crippen LogP contribution is 2.08. The first-order valence-electron chi connectivity index (χ1n) is 12.3. The molecule has 3 amide bonds. The van der Waals surface area contributed by atoms with E-state index >= 15 is 0 Å². The number of guanidine groups is 1. The molecule has 10 nitrogen and oxygen atoms in total. The Balaban J connectivity index is 2.72. The molecular weight excluding hydrogens is 460 g/mol. The zero-order chi connectivity index (χ0) is 27.1. The number of nitrogens with one attached hydrogen (secondary N) is 4. The first kappa shape index (κ1) is 30.3. The summed E-state index contributed by atoms with van der Waals surface area (Å²) in [4.78, 5) is 53.2. The molecule has 0 saturated carbocycles. The number of hydrogen-bond donors (Lipinski definition) is 6. The number of amides is 3. The molecule has 198 valence electrons. The van der Waals surface area contributed by atoms with Crippen molar-refractivity contribution in [2.75, 3.05) is 13.1 Å². The summed E-state index contributed by atoms with van der Waals surface area (Å²) in [6, 6.07) is 6.96. The Kier molecular flexibility index (Phi) is 13.5. The summed E-state index contributed by atoms with van der Waals surface area (Å²) in [5.74, 6) is -1.55. The van der Waals surface area contributed by atoms with Crippen molar-refractivity contribution in [3.05, 3.63) is 48.0 Å².